The van der Waals surface area contributed by atoms with E-state index in [4.69, 9.17) is 18.0 Å². The summed E-state index contributed by atoms with van der Waals surface area (Å²) in [5, 5.41) is 3.53. The van der Waals surface area contributed by atoms with Crippen LogP contribution < -0.4 is 11.1 Å². The molecular weight excluding hydrogens is 216 g/mol. The number of hydrogen-bond acceptors (Lipinski definition) is 2. The summed E-state index contributed by atoms with van der Waals surface area (Å²) < 4.78 is 0. The maximum Gasteiger partial charge on any atom is 0.106 e. The predicted octanol–water partition coefficient (Wildman–Crippen LogP) is 2.84. The predicted molar refractivity (Wildman–Crippen MR) is 72.9 cm³/mol. The molecular formula is C13H18N2S. The highest BCUT2D eigenvalue weighted by molar-refractivity contribution is 7.80. The van der Waals surface area contributed by atoms with Gasteiger partial charge in [-0.15, -0.1) is 0 Å². The van der Waals surface area contributed by atoms with Gasteiger partial charge in [0.1, 0.15) is 4.99 Å². The summed E-state index contributed by atoms with van der Waals surface area (Å²) >= 11 is 5.06. The molecule has 1 saturated carbocycles. The van der Waals surface area contributed by atoms with Crippen LogP contribution in [0.15, 0.2) is 18.2 Å². The van der Waals surface area contributed by atoms with E-state index in [0.717, 1.165) is 17.2 Å². The number of nitrogens with two attached hydrogens (primary N) is 1. The highest BCUT2D eigenvalue weighted by Crippen LogP contribution is 2.34. The van der Waals surface area contributed by atoms with Crippen LogP contribution in [0, 0.1) is 12.8 Å². The van der Waals surface area contributed by atoms with Gasteiger partial charge in [0.2, 0.25) is 0 Å². The molecule has 0 bridgehead atoms. The monoisotopic (exact) mass is 234 g/mol. The zero-order valence-electron chi connectivity index (χ0n) is 9.79. The molecule has 1 aliphatic carbocycles. The van der Waals surface area contributed by atoms with Crippen molar-refractivity contribution in [3.05, 3.63) is 29.3 Å². The highest BCUT2D eigenvalue weighted by atomic mass is 32.1. The summed E-state index contributed by atoms with van der Waals surface area (Å²) in [6.45, 7) is 4.31. The summed E-state index contributed by atoms with van der Waals surface area (Å²) in [6, 6.07) is 6.67. The Morgan fingerprint density at radius 2 is 2.19 bits per heavy atom. The smallest absolute Gasteiger partial charge is 0.106 e. The molecule has 0 saturated heterocycles. The Kier molecular flexibility index (Phi) is 3.15. The van der Waals surface area contributed by atoms with Crippen molar-refractivity contribution in [1.82, 2.24) is 0 Å². The number of aryl methyl sites for hydroxylation is 1. The van der Waals surface area contributed by atoms with Gasteiger partial charge in [0.25, 0.3) is 0 Å². The topological polar surface area (TPSA) is 38.0 Å². The second-order valence-corrected chi connectivity index (χ2v) is 5.12. The van der Waals surface area contributed by atoms with Gasteiger partial charge in [0.05, 0.1) is 0 Å². The lowest BCUT2D eigenvalue weighted by Crippen LogP contribution is -2.21. The van der Waals surface area contributed by atoms with E-state index in [9.17, 15) is 0 Å². The minimum Gasteiger partial charge on any atom is -0.389 e. The molecule has 0 radical (unpaired) electrons. The fourth-order valence-corrected chi connectivity index (χ4v) is 2.13. The molecule has 0 spiro atoms. The number of benzene rings is 1. The zero-order valence-corrected chi connectivity index (χ0v) is 10.6. The first-order chi connectivity index (χ1) is 7.58. The van der Waals surface area contributed by atoms with Crippen molar-refractivity contribution < 1.29 is 0 Å². The third kappa shape index (κ3) is 2.53. The molecule has 16 heavy (non-hydrogen) atoms. The normalized spacial score (nSPS) is 16.9. The molecule has 3 N–H and O–H groups in total. The molecule has 1 atom stereocenters. The van der Waals surface area contributed by atoms with Crippen molar-refractivity contribution in [1.29, 1.82) is 0 Å². The molecule has 1 fully saturated rings. The van der Waals surface area contributed by atoms with Crippen molar-refractivity contribution >= 4 is 22.9 Å². The summed E-state index contributed by atoms with van der Waals surface area (Å²) in [5.74, 6) is 0.819. The lowest BCUT2D eigenvalue weighted by Gasteiger charge is -2.17. The second kappa shape index (κ2) is 4.42. The van der Waals surface area contributed by atoms with Gasteiger partial charge in [-0.25, -0.2) is 0 Å². The van der Waals surface area contributed by atoms with Crippen LogP contribution in [0.3, 0.4) is 0 Å². The molecule has 1 aromatic rings. The number of rotatable bonds is 4. The molecule has 2 rings (SSSR count). The lowest BCUT2D eigenvalue weighted by molar-refractivity contribution is 0.694. The first kappa shape index (κ1) is 11.4. The fourth-order valence-electron chi connectivity index (χ4n) is 1.95. The largest absolute Gasteiger partial charge is 0.389 e. The van der Waals surface area contributed by atoms with Gasteiger partial charge in [-0.3, -0.25) is 0 Å². The molecule has 0 heterocycles. The quantitative estimate of drug-likeness (QED) is 0.787. The van der Waals surface area contributed by atoms with Crippen LogP contribution in [0.4, 0.5) is 5.69 Å². The van der Waals surface area contributed by atoms with Crippen LogP contribution in [0.5, 0.6) is 0 Å². The molecule has 1 aliphatic rings. The van der Waals surface area contributed by atoms with Gasteiger partial charge < -0.3 is 11.1 Å². The molecule has 1 aromatic carbocycles. The van der Waals surface area contributed by atoms with E-state index in [-0.39, 0.29) is 0 Å². The Hall–Kier alpha value is -1.09. The van der Waals surface area contributed by atoms with Crippen molar-refractivity contribution in [3.8, 4) is 0 Å². The van der Waals surface area contributed by atoms with Crippen LogP contribution in [0.1, 0.15) is 30.9 Å². The number of hydrogen-bond donors (Lipinski definition) is 2. The van der Waals surface area contributed by atoms with E-state index in [2.05, 4.69) is 25.2 Å². The van der Waals surface area contributed by atoms with E-state index >= 15 is 0 Å². The molecule has 2 nitrogen and oxygen atoms in total. The Bertz CT molecular complexity index is 410. The first-order valence-corrected chi connectivity index (χ1v) is 6.15. The van der Waals surface area contributed by atoms with Crippen LogP contribution in [0.25, 0.3) is 0 Å². The Morgan fingerprint density at radius 1 is 1.50 bits per heavy atom. The third-order valence-corrected chi connectivity index (χ3v) is 3.37. The molecule has 1 unspecified atom stereocenters. The number of anilines is 1. The Balaban J connectivity index is 2.22. The minimum atomic E-state index is 0.463. The number of thiocarbonyl (C=S) groups is 1. The zero-order chi connectivity index (χ0) is 11.7. The summed E-state index contributed by atoms with van der Waals surface area (Å²) in [4.78, 5) is 0.463. The van der Waals surface area contributed by atoms with E-state index in [1.165, 1.54) is 18.4 Å². The fraction of sp³-hybridized carbons (Fsp3) is 0.462. The van der Waals surface area contributed by atoms with Crippen molar-refractivity contribution in [2.24, 2.45) is 11.7 Å². The number of nitrogens with one attached hydrogen (secondary N) is 1. The SMILES string of the molecule is Cc1ccc(C(N)=S)c(NC(C)C2CC2)c1. The molecule has 86 valence electrons. The Labute approximate surface area is 102 Å². The van der Waals surface area contributed by atoms with Crippen molar-refractivity contribution in [2.75, 3.05) is 5.32 Å². The molecule has 0 aromatic heterocycles. The van der Waals surface area contributed by atoms with Crippen LogP contribution >= 0.6 is 12.2 Å². The van der Waals surface area contributed by atoms with Crippen molar-refractivity contribution in [2.45, 2.75) is 32.7 Å². The van der Waals surface area contributed by atoms with Crippen molar-refractivity contribution in [3.63, 3.8) is 0 Å². The summed E-state index contributed by atoms with van der Waals surface area (Å²) in [6.07, 6.45) is 2.67. The standard InChI is InChI=1S/C13H18N2S/c1-8-3-6-11(13(14)16)12(7-8)15-9(2)10-4-5-10/h3,6-7,9-10,15H,4-5H2,1-2H3,(H2,14,16). The molecule has 3 heteroatoms. The van der Waals surface area contributed by atoms with E-state index in [0.29, 0.717) is 11.0 Å². The maximum absolute atomic E-state index is 5.72. The first-order valence-electron chi connectivity index (χ1n) is 5.75. The minimum absolute atomic E-state index is 0.463. The van der Waals surface area contributed by atoms with E-state index in [1.807, 2.05) is 12.1 Å². The van der Waals surface area contributed by atoms with E-state index in [1.54, 1.807) is 0 Å². The van der Waals surface area contributed by atoms with Gasteiger partial charge in [0.15, 0.2) is 0 Å². The van der Waals surface area contributed by atoms with Gasteiger partial charge in [-0.1, -0.05) is 18.3 Å². The van der Waals surface area contributed by atoms with Gasteiger partial charge in [0, 0.05) is 17.3 Å². The van der Waals surface area contributed by atoms with Crippen LogP contribution in [0.2, 0.25) is 0 Å². The Morgan fingerprint density at radius 3 is 2.75 bits per heavy atom. The lowest BCUT2D eigenvalue weighted by atomic mass is 10.1. The highest BCUT2D eigenvalue weighted by Gasteiger charge is 2.28. The van der Waals surface area contributed by atoms with Gasteiger partial charge >= 0.3 is 0 Å². The summed E-state index contributed by atoms with van der Waals surface area (Å²) in [5.41, 5.74) is 8.98. The average molecular weight is 234 g/mol. The molecule has 0 aliphatic heterocycles. The van der Waals surface area contributed by atoms with Gasteiger partial charge in [-0.2, -0.15) is 0 Å². The summed E-state index contributed by atoms with van der Waals surface area (Å²) in [7, 11) is 0. The third-order valence-electron chi connectivity index (χ3n) is 3.15. The van der Waals surface area contributed by atoms with E-state index < -0.39 is 0 Å². The average Bonchev–Trinajstić information content (AvgIpc) is 2.99. The van der Waals surface area contributed by atoms with Crippen LogP contribution in [-0.2, 0) is 0 Å². The van der Waals surface area contributed by atoms with Gasteiger partial charge in [-0.05, 0) is 50.3 Å². The second-order valence-electron chi connectivity index (χ2n) is 4.68. The maximum atomic E-state index is 5.72. The van der Waals surface area contributed by atoms with Crippen LogP contribution in [-0.4, -0.2) is 11.0 Å². The molecule has 0 amide bonds.